The Labute approximate surface area is 437 Å². The zero-order valence-electron chi connectivity index (χ0n) is 41.7. The van der Waals surface area contributed by atoms with Gasteiger partial charge in [-0.2, -0.15) is 0 Å². The minimum absolute atomic E-state index is 0.0162. The molecule has 0 spiro atoms. The zero-order chi connectivity index (χ0) is 54.3. The van der Waals surface area contributed by atoms with Crippen LogP contribution < -0.4 is 64.9 Å². The van der Waals surface area contributed by atoms with Gasteiger partial charge >= 0.3 is 0 Å². The molecular weight excluding hydrogens is 999 g/mol. The van der Waals surface area contributed by atoms with Crippen molar-refractivity contribution in [2.75, 3.05) is 37.7 Å². The van der Waals surface area contributed by atoms with Gasteiger partial charge in [0.25, 0.3) is 0 Å². The first-order valence-electron chi connectivity index (χ1n) is 24.3. The van der Waals surface area contributed by atoms with Gasteiger partial charge in [-0.05, 0) is 61.8 Å². The molecule has 2 saturated heterocycles. The van der Waals surface area contributed by atoms with Gasteiger partial charge in [0, 0.05) is 43.9 Å². The molecule has 0 radical (unpaired) electrons. The van der Waals surface area contributed by atoms with Crippen LogP contribution in [0.5, 0.6) is 5.75 Å². The number of aliphatic imine (C=N–C) groups is 1. The Morgan fingerprint density at radius 2 is 1.42 bits per heavy atom. The number of likely N-dealkylation sites (tertiary alicyclic amines) is 1. The van der Waals surface area contributed by atoms with Gasteiger partial charge in [0.1, 0.15) is 48.0 Å². The Morgan fingerprint density at radius 1 is 0.784 bits per heavy atom. The monoisotopic (exact) mass is 1070 g/mol. The van der Waals surface area contributed by atoms with Crippen LogP contribution >= 0.6 is 21.6 Å². The van der Waals surface area contributed by atoms with Crippen LogP contribution in [-0.2, 0) is 60.8 Å². The first-order chi connectivity index (χ1) is 35.3. The maximum absolute atomic E-state index is 14.6. The Balaban J connectivity index is 1.67. The molecule has 10 amide bonds. The van der Waals surface area contributed by atoms with Gasteiger partial charge in [0.05, 0.1) is 19.6 Å². The van der Waals surface area contributed by atoms with Crippen LogP contribution in [0, 0.1) is 5.92 Å². The number of carbonyl (C=O) groups is 10. The first kappa shape index (κ1) is 59.5. The van der Waals surface area contributed by atoms with Crippen molar-refractivity contribution >= 4 is 86.6 Å². The minimum atomic E-state index is -1.65. The average molecular weight is 1070 g/mol. The average Bonchev–Trinajstić information content (AvgIpc) is 3.85. The van der Waals surface area contributed by atoms with Crippen LogP contribution in [-0.4, -0.2) is 150 Å². The third-order valence-electron chi connectivity index (χ3n) is 11.7. The number of benzene rings is 2. The fourth-order valence-electron chi connectivity index (χ4n) is 7.99. The maximum atomic E-state index is 14.6. The summed E-state index contributed by atoms with van der Waals surface area (Å²) in [6.45, 7) is 5.23. The van der Waals surface area contributed by atoms with E-state index in [0.717, 1.165) is 10.8 Å². The van der Waals surface area contributed by atoms with E-state index in [1.165, 1.54) is 15.7 Å². The molecule has 2 aliphatic heterocycles. The lowest BCUT2D eigenvalue weighted by atomic mass is 9.99. The second kappa shape index (κ2) is 30.2. The van der Waals surface area contributed by atoms with Crippen molar-refractivity contribution < 1.29 is 52.7 Å². The van der Waals surface area contributed by atoms with Crippen molar-refractivity contribution in [3.63, 3.8) is 0 Å². The van der Waals surface area contributed by atoms with Crippen LogP contribution in [0.3, 0.4) is 0 Å². The van der Waals surface area contributed by atoms with E-state index in [9.17, 15) is 47.9 Å². The van der Waals surface area contributed by atoms with Gasteiger partial charge in [-0.3, -0.25) is 52.9 Å². The number of primary amides is 2. The summed E-state index contributed by atoms with van der Waals surface area (Å²) in [5.41, 5.74) is 23.0. The Morgan fingerprint density at radius 3 is 2.05 bits per heavy atom. The number of ether oxygens (including phenoxy) is 1. The third kappa shape index (κ3) is 19.7. The van der Waals surface area contributed by atoms with Crippen molar-refractivity contribution in [2.24, 2.45) is 33.8 Å². The molecule has 0 bridgehead atoms. The van der Waals surface area contributed by atoms with E-state index >= 15 is 0 Å². The Bertz CT molecular complexity index is 2320. The summed E-state index contributed by atoms with van der Waals surface area (Å²) in [7, 11) is 2.29. The van der Waals surface area contributed by atoms with Crippen LogP contribution in [0.1, 0.15) is 70.4 Å². The molecule has 74 heavy (non-hydrogen) atoms. The van der Waals surface area contributed by atoms with Crippen LogP contribution in [0.25, 0.3) is 0 Å². The number of amides is 10. The first-order valence-corrected chi connectivity index (χ1v) is 26.8. The van der Waals surface area contributed by atoms with Gasteiger partial charge in [0.2, 0.25) is 59.1 Å². The highest BCUT2D eigenvalue weighted by Gasteiger charge is 2.40. The molecule has 0 aromatic heterocycles. The number of nitrogens with zero attached hydrogens (tertiary/aromatic N) is 2. The highest BCUT2D eigenvalue weighted by atomic mass is 33.1. The molecule has 2 aromatic carbocycles. The number of nitrogens with two attached hydrogens (primary N) is 4. The molecule has 24 nitrogen and oxygen atoms in total. The molecule has 2 fully saturated rings. The van der Waals surface area contributed by atoms with Crippen molar-refractivity contribution in [1.29, 1.82) is 0 Å². The normalized spacial score (nSPS) is 21.8. The van der Waals surface area contributed by atoms with Gasteiger partial charge in [-0.25, -0.2) is 0 Å². The SMILES string of the molecule is CCOc1ccc(C[C@H]2NC(=O)CCSSC[C@@H](C(=O)N3CCC[C@@H]3C(=O)N[C@H](CCCN=C(N)N)C(=O)NCC(N)=O)NC(=O)[C@H](CC(N)=O)NC(=O)[C@@H](C(C)C)NC(=O)[C@H](Cc3ccccc3)NC2=O)cc1. The molecule has 7 atom stereocenters. The quantitative estimate of drug-likeness (QED) is 0.0306. The molecule has 404 valence electrons. The van der Waals surface area contributed by atoms with Crippen LogP contribution in [0.4, 0.5) is 0 Å². The van der Waals surface area contributed by atoms with Crippen molar-refractivity contribution in [3.8, 4) is 5.75 Å². The van der Waals surface area contributed by atoms with E-state index in [4.69, 9.17) is 27.7 Å². The molecule has 2 aliphatic rings. The number of hydrogen-bond donors (Lipinski definition) is 11. The predicted molar refractivity (Wildman–Crippen MR) is 278 cm³/mol. The molecule has 0 saturated carbocycles. The standard InChI is InChI=1S/C48H69N13O11S2/c1-4-72-30-16-14-29(15-17-30)23-32-42(66)57-33(22-28-10-6-5-7-11-28)44(68)60-40(27(2)3)46(70)58-34(24-37(49)62)43(67)59-35(26-74-73-21-18-39(64)55-32)47(71)61-20-9-13-36(61)45(69)56-31(12-8-19-53-48(51)52)41(65)54-25-38(50)63/h5-7,10-11,14-17,27,31-36,40H,4,8-9,12-13,18-26H2,1-3H3,(H2,49,62)(H2,50,63)(H,54,65)(H,55,64)(H,56,69)(H,57,66)(H,58,70)(H,59,67)(H,60,68)(H4,51,52,53)/t31-,32-,33+,34+,35+,36-,40-/m1/s1. The molecular formula is C48H69N13O11S2. The van der Waals surface area contributed by atoms with E-state index in [1.54, 1.807) is 68.4 Å². The highest BCUT2D eigenvalue weighted by molar-refractivity contribution is 8.76. The Hall–Kier alpha value is -7.09. The summed E-state index contributed by atoms with van der Waals surface area (Å²) in [6, 6.07) is 6.68. The van der Waals surface area contributed by atoms with Crippen molar-refractivity contribution in [1.82, 2.24) is 42.1 Å². The number of nitrogens with one attached hydrogen (secondary N) is 7. The second-order valence-electron chi connectivity index (χ2n) is 17.9. The summed E-state index contributed by atoms with van der Waals surface area (Å²) in [5.74, 6) is -7.92. The number of carbonyl (C=O) groups excluding carboxylic acids is 10. The summed E-state index contributed by atoms with van der Waals surface area (Å²) in [5, 5.41) is 18.5. The summed E-state index contributed by atoms with van der Waals surface area (Å²) < 4.78 is 5.57. The minimum Gasteiger partial charge on any atom is -0.494 e. The molecule has 0 aliphatic carbocycles. The van der Waals surface area contributed by atoms with Gasteiger partial charge in [-0.1, -0.05) is 77.9 Å². The second-order valence-corrected chi connectivity index (χ2v) is 20.5. The number of guanidine groups is 1. The summed E-state index contributed by atoms with van der Waals surface area (Å²) >= 11 is 0. The van der Waals surface area contributed by atoms with E-state index in [1.807, 2.05) is 6.92 Å². The fraction of sp³-hybridized carbons (Fsp3) is 0.521. The van der Waals surface area contributed by atoms with Crippen molar-refractivity contribution in [3.05, 3.63) is 65.7 Å². The number of hydrogen-bond acceptors (Lipinski definition) is 14. The largest absolute Gasteiger partial charge is 0.494 e. The molecule has 15 N–H and O–H groups in total. The zero-order valence-corrected chi connectivity index (χ0v) is 43.4. The Kier molecular flexibility index (Phi) is 24.3. The molecule has 4 rings (SSSR count). The van der Waals surface area contributed by atoms with E-state index in [-0.39, 0.29) is 69.1 Å². The highest BCUT2D eigenvalue weighted by Crippen LogP contribution is 2.26. The molecule has 26 heteroatoms. The van der Waals surface area contributed by atoms with Gasteiger partial charge < -0.3 is 69.8 Å². The summed E-state index contributed by atoms with van der Waals surface area (Å²) in [4.78, 5) is 141. The lowest BCUT2D eigenvalue weighted by Crippen LogP contribution is -2.61. The van der Waals surface area contributed by atoms with Crippen LogP contribution in [0.15, 0.2) is 59.6 Å². The number of rotatable bonds is 19. The predicted octanol–water partition coefficient (Wildman–Crippen LogP) is -2.26. The molecule has 2 heterocycles. The third-order valence-corrected chi connectivity index (χ3v) is 14.1. The van der Waals surface area contributed by atoms with E-state index in [0.29, 0.717) is 29.9 Å². The lowest BCUT2D eigenvalue weighted by molar-refractivity contribution is -0.142. The van der Waals surface area contributed by atoms with Crippen molar-refractivity contribution in [2.45, 2.75) is 114 Å². The topological polar surface area (TPSA) is 384 Å². The smallest absolute Gasteiger partial charge is 0.246 e. The van der Waals surface area contributed by atoms with Gasteiger partial charge in [-0.15, -0.1) is 0 Å². The molecule has 0 unspecified atom stereocenters. The summed E-state index contributed by atoms with van der Waals surface area (Å²) in [6.07, 6.45) is 0.0181. The molecule has 2 aromatic rings. The lowest BCUT2D eigenvalue weighted by Gasteiger charge is -2.31. The van der Waals surface area contributed by atoms with E-state index < -0.39 is 120 Å². The fourth-order valence-corrected chi connectivity index (χ4v) is 10.1. The van der Waals surface area contributed by atoms with Gasteiger partial charge in [0.15, 0.2) is 5.96 Å². The van der Waals surface area contributed by atoms with E-state index in [2.05, 4.69) is 42.2 Å². The van der Waals surface area contributed by atoms with Crippen LogP contribution in [0.2, 0.25) is 0 Å². The maximum Gasteiger partial charge on any atom is 0.246 e.